The third-order valence-corrected chi connectivity index (χ3v) is 1.65. The second kappa shape index (κ2) is 4.11. The second-order valence-corrected chi connectivity index (χ2v) is 2.46. The molecule has 1 rings (SSSR count). The van der Waals surface area contributed by atoms with E-state index >= 15 is 0 Å². The second-order valence-electron chi connectivity index (χ2n) is 2.46. The zero-order valence-electron chi connectivity index (χ0n) is 7.66. The highest BCUT2D eigenvalue weighted by molar-refractivity contribution is 5.56. The number of aliphatic hydroxyl groups excluding tert-OH is 1. The number of ether oxygens (including phenoxy) is 1. The number of H-pyrrole nitrogens is 1. The maximum absolute atomic E-state index is 9.50. The number of hydrogen-bond acceptors (Lipinski definition) is 5. The van der Waals surface area contributed by atoms with Crippen molar-refractivity contribution in [3.05, 3.63) is 5.56 Å². The Morgan fingerprint density at radius 3 is 3.00 bits per heavy atom. The van der Waals surface area contributed by atoms with Gasteiger partial charge in [-0.25, -0.2) is 0 Å². The van der Waals surface area contributed by atoms with Crippen LogP contribution in [0.2, 0.25) is 0 Å². The minimum Gasteiger partial charge on any atom is -0.382 e. The molecule has 5 N–H and O–H groups in total. The molecule has 0 spiro atoms. The largest absolute Gasteiger partial charge is 0.382 e. The van der Waals surface area contributed by atoms with Crippen LogP contribution >= 0.6 is 0 Å². The van der Waals surface area contributed by atoms with Gasteiger partial charge in [0.15, 0.2) is 12.1 Å². The Bertz CT molecular complexity index is 273. The van der Waals surface area contributed by atoms with Crippen LogP contribution in [0.15, 0.2) is 0 Å². The van der Waals surface area contributed by atoms with Gasteiger partial charge in [0.05, 0.1) is 5.56 Å². The molecule has 13 heavy (non-hydrogen) atoms. The number of aromatic nitrogens is 2. The molecule has 1 atom stereocenters. The molecule has 0 saturated carbocycles. The predicted molar refractivity (Wildman–Crippen MR) is 49.1 cm³/mol. The van der Waals surface area contributed by atoms with Crippen molar-refractivity contribution in [2.45, 2.75) is 13.2 Å². The van der Waals surface area contributed by atoms with E-state index in [4.69, 9.17) is 10.5 Å². The van der Waals surface area contributed by atoms with E-state index in [0.29, 0.717) is 18.0 Å². The molecule has 0 aliphatic rings. The average molecular weight is 186 g/mol. The molecule has 0 radical (unpaired) electrons. The van der Waals surface area contributed by atoms with Gasteiger partial charge < -0.3 is 20.9 Å². The molecule has 6 nitrogen and oxygen atoms in total. The highest BCUT2D eigenvalue weighted by atomic mass is 16.6. The molecule has 0 aliphatic carbocycles. The van der Waals surface area contributed by atoms with Crippen LogP contribution in [0.4, 0.5) is 11.6 Å². The SMILES string of the molecule is CCOC(O)c1c(N)n[nH]c1NC. The molecule has 74 valence electrons. The summed E-state index contributed by atoms with van der Waals surface area (Å²) >= 11 is 0. The molecule has 1 unspecified atom stereocenters. The molecule has 1 aromatic rings. The monoisotopic (exact) mass is 186 g/mol. The van der Waals surface area contributed by atoms with Crippen molar-refractivity contribution in [3.63, 3.8) is 0 Å². The van der Waals surface area contributed by atoms with Crippen LogP contribution in [0.5, 0.6) is 0 Å². The Morgan fingerprint density at radius 1 is 1.77 bits per heavy atom. The van der Waals surface area contributed by atoms with Gasteiger partial charge in [0.1, 0.15) is 5.82 Å². The van der Waals surface area contributed by atoms with Crippen LogP contribution in [-0.2, 0) is 4.74 Å². The number of nitrogens with one attached hydrogen (secondary N) is 2. The van der Waals surface area contributed by atoms with Crippen LogP contribution in [0, 0.1) is 0 Å². The van der Waals surface area contributed by atoms with Gasteiger partial charge in [-0.15, -0.1) is 0 Å². The third-order valence-electron chi connectivity index (χ3n) is 1.65. The first-order valence-corrected chi connectivity index (χ1v) is 4.01. The zero-order valence-corrected chi connectivity index (χ0v) is 7.66. The Labute approximate surface area is 76.1 Å². The summed E-state index contributed by atoms with van der Waals surface area (Å²) in [6.45, 7) is 2.20. The lowest BCUT2D eigenvalue weighted by atomic mass is 10.3. The Kier molecular flexibility index (Phi) is 3.10. The predicted octanol–water partition coefficient (Wildman–Crippen LogP) is 0.0610. The maximum Gasteiger partial charge on any atom is 0.188 e. The van der Waals surface area contributed by atoms with Crippen LogP contribution in [0.3, 0.4) is 0 Å². The molecular formula is C7H14N4O2. The summed E-state index contributed by atoms with van der Waals surface area (Å²) in [4.78, 5) is 0. The van der Waals surface area contributed by atoms with Crippen molar-refractivity contribution in [2.24, 2.45) is 0 Å². The Hall–Kier alpha value is -1.27. The fourth-order valence-electron chi connectivity index (χ4n) is 1.05. The molecular weight excluding hydrogens is 172 g/mol. The van der Waals surface area contributed by atoms with Crippen molar-refractivity contribution in [2.75, 3.05) is 24.7 Å². The van der Waals surface area contributed by atoms with Crippen molar-refractivity contribution >= 4 is 11.6 Å². The third kappa shape index (κ3) is 1.90. The Balaban J connectivity index is 2.89. The number of hydrogen-bond donors (Lipinski definition) is 4. The average Bonchev–Trinajstić information content (AvgIpc) is 2.47. The van der Waals surface area contributed by atoms with Crippen molar-refractivity contribution in [3.8, 4) is 0 Å². The van der Waals surface area contributed by atoms with E-state index in [9.17, 15) is 5.11 Å². The number of nitrogens with two attached hydrogens (primary N) is 1. The quantitative estimate of drug-likeness (QED) is 0.499. The first kappa shape index (κ1) is 9.82. The topological polar surface area (TPSA) is 96.2 Å². The van der Waals surface area contributed by atoms with Gasteiger partial charge >= 0.3 is 0 Å². The van der Waals surface area contributed by atoms with E-state index in [2.05, 4.69) is 15.5 Å². The van der Waals surface area contributed by atoms with Crippen LogP contribution in [0.1, 0.15) is 18.8 Å². The summed E-state index contributed by atoms with van der Waals surface area (Å²) in [6.07, 6.45) is -1.04. The number of rotatable bonds is 4. The first-order chi connectivity index (χ1) is 6.20. The van der Waals surface area contributed by atoms with E-state index in [1.54, 1.807) is 14.0 Å². The summed E-state index contributed by atoms with van der Waals surface area (Å²) < 4.78 is 4.99. The van der Waals surface area contributed by atoms with Gasteiger partial charge in [0.2, 0.25) is 0 Å². The summed E-state index contributed by atoms with van der Waals surface area (Å²) in [5.74, 6) is 0.809. The first-order valence-electron chi connectivity index (χ1n) is 4.01. The van der Waals surface area contributed by atoms with Crippen LogP contribution < -0.4 is 11.1 Å². The molecule has 0 saturated heterocycles. The minimum absolute atomic E-state index is 0.241. The van der Waals surface area contributed by atoms with E-state index < -0.39 is 6.29 Å². The van der Waals surface area contributed by atoms with Crippen LogP contribution in [0.25, 0.3) is 0 Å². The van der Waals surface area contributed by atoms with E-state index in [0.717, 1.165) is 0 Å². The van der Waals surface area contributed by atoms with Gasteiger partial charge in [-0.1, -0.05) is 0 Å². The molecule has 0 aliphatic heterocycles. The summed E-state index contributed by atoms with van der Waals surface area (Å²) in [5.41, 5.74) is 5.97. The molecule has 1 aromatic heterocycles. The lowest BCUT2D eigenvalue weighted by Gasteiger charge is -2.10. The number of aliphatic hydroxyl groups is 1. The lowest BCUT2D eigenvalue weighted by Crippen LogP contribution is -2.07. The van der Waals surface area contributed by atoms with E-state index in [1.165, 1.54) is 0 Å². The highest BCUT2D eigenvalue weighted by Gasteiger charge is 2.18. The standard InChI is InChI=1S/C7H14N4O2/c1-3-13-7(12)4-5(8)10-11-6(4)9-2/h7,12H,3H2,1-2H3,(H4,8,9,10,11). The molecule has 0 amide bonds. The summed E-state index contributed by atoms with van der Waals surface area (Å²) in [5, 5.41) is 18.7. The van der Waals surface area contributed by atoms with E-state index in [1.807, 2.05) is 0 Å². The highest BCUT2D eigenvalue weighted by Crippen LogP contribution is 2.26. The normalized spacial score (nSPS) is 12.8. The van der Waals surface area contributed by atoms with Crippen molar-refractivity contribution < 1.29 is 9.84 Å². The van der Waals surface area contributed by atoms with Crippen molar-refractivity contribution in [1.82, 2.24) is 10.2 Å². The summed E-state index contributed by atoms with van der Waals surface area (Å²) in [6, 6.07) is 0. The van der Waals surface area contributed by atoms with Crippen molar-refractivity contribution in [1.29, 1.82) is 0 Å². The maximum atomic E-state index is 9.50. The van der Waals surface area contributed by atoms with Gasteiger partial charge in [-0.3, -0.25) is 5.10 Å². The Morgan fingerprint density at radius 2 is 2.46 bits per heavy atom. The summed E-state index contributed by atoms with van der Waals surface area (Å²) in [7, 11) is 1.70. The smallest absolute Gasteiger partial charge is 0.188 e. The molecule has 0 aromatic carbocycles. The molecule has 0 bridgehead atoms. The van der Waals surface area contributed by atoms with Gasteiger partial charge in [-0.2, -0.15) is 5.10 Å². The number of anilines is 2. The zero-order chi connectivity index (χ0) is 9.84. The molecule has 0 fully saturated rings. The molecule has 6 heteroatoms. The molecule has 1 heterocycles. The van der Waals surface area contributed by atoms with Gasteiger partial charge in [-0.05, 0) is 6.92 Å². The minimum atomic E-state index is -1.04. The van der Waals surface area contributed by atoms with Crippen LogP contribution in [-0.4, -0.2) is 29.0 Å². The lowest BCUT2D eigenvalue weighted by molar-refractivity contribution is -0.0969. The number of aromatic amines is 1. The van der Waals surface area contributed by atoms with E-state index in [-0.39, 0.29) is 5.82 Å². The van der Waals surface area contributed by atoms with Gasteiger partial charge in [0, 0.05) is 13.7 Å². The van der Waals surface area contributed by atoms with Gasteiger partial charge in [0.25, 0.3) is 0 Å². The number of nitrogens with zero attached hydrogens (tertiary/aromatic N) is 1. The fraction of sp³-hybridized carbons (Fsp3) is 0.571. The fourth-order valence-corrected chi connectivity index (χ4v) is 1.05. The number of nitrogen functional groups attached to an aromatic ring is 1.